The second-order valence-corrected chi connectivity index (χ2v) is 3.74. The van der Waals surface area contributed by atoms with Crippen LogP contribution in [0.25, 0.3) is 5.65 Å². The quantitative estimate of drug-likeness (QED) is 0.852. The van der Waals surface area contributed by atoms with E-state index in [4.69, 9.17) is 0 Å². The Hall–Kier alpha value is -2.42. The maximum absolute atomic E-state index is 11.9. The van der Waals surface area contributed by atoms with Gasteiger partial charge in [-0.2, -0.15) is 13.2 Å². The zero-order valence-electron chi connectivity index (χ0n) is 9.85. The molecule has 0 aliphatic heterocycles. The van der Waals surface area contributed by atoms with E-state index in [-0.39, 0.29) is 0 Å². The van der Waals surface area contributed by atoms with E-state index in [0.29, 0.717) is 5.65 Å². The largest absolute Gasteiger partial charge is 0.414 e. The molecule has 106 valence electrons. The highest BCUT2D eigenvalue weighted by molar-refractivity contribution is 5.92. The van der Waals surface area contributed by atoms with E-state index in [1.807, 2.05) is 0 Å². The maximum atomic E-state index is 11.9. The van der Waals surface area contributed by atoms with Gasteiger partial charge < -0.3 is 0 Å². The van der Waals surface area contributed by atoms with E-state index in [9.17, 15) is 22.8 Å². The minimum absolute atomic E-state index is 0.310. The molecule has 6 nitrogen and oxygen atoms in total. The topological polar surface area (TPSA) is 72.7 Å². The van der Waals surface area contributed by atoms with Gasteiger partial charge in [-0.05, 0) is 12.1 Å². The molecule has 2 aromatic heterocycles. The van der Waals surface area contributed by atoms with Gasteiger partial charge in [0.25, 0.3) is 11.5 Å². The Labute approximate surface area is 109 Å². The fourth-order valence-corrected chi connectivity index (χ4v) is 1.42. The van der Waals surface area contributed by atoms with Crippen LogP contribution in [0.2, 0.25) is 0 Å². The number of pyridine rings is 1. The number of nitrogens with zero attached hydrogens (tertiary/aromatic N) is 2. The van der Waals surface area contributed by atoms with Gasteiger partial charge in [0, 0.05) is 12.4 Å². The minimum Gasteiger partial charge on any atom is -0.268 e. The van der Waals surface area contributed by atoms with Gasteiger partial charge in [0.05, 0.1) is 0 Å². The third-order valence-electron chi connectivity index (χ3n) is 2.26. The molecule has 9 heteroatoms. The molecule has 0 bridgehead atoms. The van der Waals surface area contributed by atoms with Crippen LogP contribution >= 0.6 is 0 Å². The van der Waals surface area contributed by atoms with Crippen LogP contribution < -0.4 is 11.0 Å². The van der Waals surface area contributed by atoms with Crippen molar-refractivity contribution < 1.29 is 22.8 Å². The van der Waals surface area contributed by atoms with Crippen molar-refractivity contribution in [3.8, 4) is 0 Å². The SMILES string of the molecule is O=C(NOCC(F)(F)F)c1cnc2ccccn2c1=O. The summed E-state index contributed by atoms with van der Waals surface area (Å²) < 4.78 is 36.6. The Morgan fingerprint density at radius 3 is 2.85 bits per heavy atom. The van der Waals surface area contributed by atoms with E-state index in [1.165, 1.54) is 6.20 Å². The lowest BCUT2D eigenvalue weighted by atomic mass is 10.3. The van der Waals surface area contributed by atoms with Crippen molar-refractivity contribution in [2.75, 3.05) is 6.61 Å². The molecular formula is C11H8F3N3O3. The molecule has 2 heterocycles. The van der Waals surface area contributed by atoms with E-state index >= 15 is 0 Å². The number of rotatable bonds is 3. The summed E-state index contributed by atoms with van der Waals surface area (Å²) in [7, 11) is 0. The van der Waals surface area contributed by atoms with Crippen LogP contribution in [-0.2, 0) is 4.84 Å². The van der Waals surface area contributed by atoms with Gasteiger partial charge in [-0.15, -0.1) is 0 Å². The van der Waals surface area contributed by atoms with Gasteiger partial charge >= 0.3 is 6.18 Å². The highest BCUT2D eigenvalue weighted by Crippen LogP contribution is 2.13. The molecule has 0 spiro atoms. The maximum Gasteiger partial charge on any atom is 0.414 e. The first-order chi connectivity index (χ1) is 9.38. The number of hydrogen-bond donors (Lipinski definition) is 1. The third kappa shape index (κ3) is 3.12. The van der Waals surface area contributed by atoms with E-state index in [2.05, 4.69) is 9.82 Å². The fraction of sp³-hybridized carbons (Fsp3) is 0.182. The van der Waals surface area contributed by atoms with Gasteiger partial charge in [0.15, 0.2) is 6.61 Å². The smallest absolute Gasteiger partial charge is 0.268 e. The van der Waals surface area contributed by atoms with Gasteiger partial charge in [0.1, 0.15) is 11.2 Å². The predicted octanol–water partition coefficient (Wildman–Crippen LogP) is 0.918. The Bertz CT molecular complexity index is 696. The van der Waals surface area contributed by atoms with Gasteiger partial charge in [-0.3, -0.25) is 18.8 Å². The van der Waals surface area contributed by atoms with Crippen LogP contribution in [0, 0.1) is 0 Å². The lowest BCUT2D eigenvalue weighted by Crippen LogP contribution is -2.34. The Morgan fingerprint density at radius 2 is 2.15 bits per heavy atom. The van der Waals surface area contributed by atoms with Crippen molar-refractivity contribution in [2.24, 2.45) is 0 Å². The summed E-state index contributed by atoms with van der Waals surface area (Å²) in [5.74, 6) is -1.09. The summed E-state index contributed by atoms with van der Waals surface area (Å²) >= 11 is 0. The number of carbonyl (C=O) groups is 1. The molecular weight excluding hydrogens is 279 g/mol. The van der Waals surface area contributed by atoms with Crippen molar-refractivity contribution >= 4 is 11.6 Å². The first-order valence-electron chi connectivity index (χ1n) is 5.34. The van der Waals surface area contributed by atoms with Crippen molar-refractivity contribution in [3.63, 3.8) is 0 Å². The normalized spacial score (nSPS) is 11.6. The summed E-state index contributed by atoms with van der Waals surface area (Å²) in [6, 6.07) is 4.75. The predicted molar refractivity (Wildman–Crippen MR) is 60.9 cm³/mol. The van der Waals surface area contributed by atoms with Crippen LogP contribution in [0.3, 0.4) is 0 Å². The fourth-order valence-electron chi connectivity index (χ4n) is 1.42. The summed E-state index contributed by atoms with van der Waals surface area (Å²) in [6.07, 6.45) is -2.22. The number of hydroxylamine groups is 1. The first kappa shape index (κ1) is 14.0. The monoisotopic (exact) mass is 287 g/mol. The molecule has 0 atom stereocenters. The average molecular weight is 287 g/mol. The summed E-state index contributed by atoms with van der Waals surface area (Å²) in [5.41, 5.74) is 0.734. The molecule has 0 saturated carbocycles. The second-order valence-electron chi connectivity index (χ2n) is 3.74. The molecule has 1 N–H and O–H groups in total. The minimum atomic E-state index is -4.58. The standard InChI is InChI=1S/C11H8F3N3O3/c12-11(13,14)6-20-16-9(18)7-5-15-8-3-1-2-4-17(8)10(7)19/h1-5H,6H2,(H,16,18). The molecule has 0 radical (unpaired) electrons. The third-order valence-corrected chi connectivity index (χ3v) is 2.26. The molecule has 0 fully saturated rings. The van der Waals surface area contributed by atoms with E-state index < -0.39 is 29.8 Å². The number of amides is 1. The van der Waals surface area contributed by atoms with Gasteiger partial charge in [0.2, 0.25) is 0 Å². The van der Waals surface area contributed by atoms with Crippen molar-refractivity contribution in [3.05, 3.63) is 46.5 Å². The molecule has 2 rings (SSSR count). The first-order valence-corrected chi connectivity index (χ1v) is 5.34. The zero-order valence-corrected chi connectivity index (χ0v) is 9.85. The lowest BCUT2D eigenvalue weighted by molar-refractivity contribution is -0.184. The Kier molecular flexibility index (Phi) is 3.70. The molecule has 0 aliphatic carbocycles. The van der Waals surface area contributed by atoms with Crippen LogP contribution in [-0.4, -0.2) is 28.1 Å². The van der Waals surface area contributed by atoms with Crippen molar-refractivity contribution in [1.82, 2.24) is 14.9 Å². The number of aromatic nitrogens is 2. The van der Waals surface area contributed by atoms with Crippen molar-refractivity contribution in [2.45, 2.75) is 6.18 Å². The highest BCUT2D eigenvalue weighted by Gasteiger charge is 2.28. The van der Waals surface area contributed by atoms with Gasteiger partial charge in [-0.1, -0.05) is 6.07 Å². The average Bonchev–Trinajstić information content (AvgIpc) is 2.38. The number of alkyl halides is 3. The van der Waals surface area contributed by atoms with E-state index in [0.717, 1.165) is 10.6 Å². The number of carbonyl (C=O) groups excluding carboxylic acids is 1. The molecule has 20 heavy (non-hydrogen) atoms. The van der Waals surface area contributed by atoms with Crippen LogP contribution in [0.15, 0.2) is 35.4 Å². The number of fused-ring (bicyclic) bond motifs is 1. The molecule has 0 aromatic carbocycles. The summed E-state index contributed by atoms with van der Waals surface area (Å²) in [4.78, 5) is 31.3. The molecule has 0 aliphatic rings. The number of nitrogens with one attached hydrogen (secondary N) is 1. The molecule has 0 unspecified atom stereocenters. The van der Waals surface area contributed by atoms with Crippen LogP contribution in [0.4, 0.5) is 13.2 Å². The van der Waals surface area contributed by atoms with Crippen LogP contribution in [0.5, 0.6) is 0 Å². The number of halogens is 3. The number of hydrogen-bond acceptors (Lipinski definition) is 4. The lowest BCUT2D eigenvalue weighted by Gasteiger charge is -2.08. The molecule has 1 amide bonds. The summed E-state index contributed by atoms with van der Waals surface area (Å²) in [5, 5.41) is 0. The molecule has 2 aromatic rings. The molecule has 0 saturated heterocycles. The zero-order chi connectivity index (χ0) is 14.8. The Balaban J connectivity index is 2.19. The van der Waals surface area contributed by atoms with Crippen molar-refractivity contribution in [1.29, 1.82) is 0 Å². The second kappa shape index (κ2) is 5.29. The Morgan fingerprint density at radius 1 is 1.40 bits per heavy atom. The van der Waals surface area contributed by atoms with Crippen LogP contribution in [0.1, 0.15) is 10.4 Å². The van der Waals surface area contributed by atoms with E-state index in [1.54, 1.807) is 23.7 Å². The summed E-state index contributed by atoms with van der Waals surface area (Å²) in [6.45, 7) is -1.65. The van der Waals surface area contributed by atoms with Gasteiger partial charge in [-0.25, -0.2) is 10.5 Å². The highest BCUT2D eigenvalue weighted by atomic mass is 19.4.